The molecule has 1 saturated heterocycles. The van der Waals surface area contributed by atoms with Gasteiger partial charge in [-0.1, -0.05) is 20.8 Å². The van der Waals surface area contributed by atoms with Crippen molar-refractivity contribution >= 4 is 21.9 Å². The van der Waals surface area contributed by atoms with Gasteiger partial charge in [0.25, 0.3) is 0 Å². The van der Waals surface area contributed by atoms with Gasteiger partial charge in [0, 0.05) is 56.6 Å². The Hall–Kier alpha value is -1.01. The molecule has 0 aromatic carbocycles. The SMILES string of the molecule is CN=C(NCC1CCCOC1C(C)(C)C)N(C)Cc1cc(Br)cn1C. The smallest absolute Gasteiger partial charge is 0.193 e. The number of guanidine groups is 1. The van der Waals surface area contributed by atoms with E-state index in [4.69, 9.17) is 4.74 Å². The van der Waals surface area contributed by atoms with E-state index >= 15 is 0 Å². The standard InChI is InChI=1S/C19H33BrN4O/c1-19(2,3)17-14(8-7-9-25-17)11-22-18(21-4)24(6)13-16-10-15(20)12-23(16)5/h10,12,14,17H,7-9,11,13H2,1-6H3,(H,21,22). The van der Waals surface area contributed by atoms with E-state index in [1.54, 1.807) is 0 Å². The average Bonchev–Trinajstić information content (AvgIpc) is 2.85. The Morgan fingerprint density at radius 3 is 2.76 bits per heavy atom. The molecular weight excluding hydrogens is 380 g/mol. The summed E-state index contributed by atoms with van der Waals surface area (Å²) in [4.78, 5) is 6.63. The number of nitrogens with one attached hydrogen (secondary N) is 1. The highest BCUT2D eigenvalue weighted by molar-refractivity contribution is 9.10. The van der Waals surface area contributed by atoms with Gasteiger partial charge in [0.2, 0.25) is 0 Å². The normalized spacial score (nSPS) is 22.1. The molecule has 1 N–H and O–H groups in total. The first-order valence-corrected chi connectivity index (χ1v) is 9.85. The molecule has 2 rings (SSSR count). The number of aromatic nitrogens is 1. The molecule has 2 unspecified atom stereocenters. The first-order valence-electron chi connectivity index (χ1n) is 9.06. The van der Waals surface area contributed by atoms with E-state index in [1.165, 1.54) is 12.1 Å². The maximum atomic E-state index is 6.09. The summed E-state index contributed by atoms with van der Waals surface area (Å²) in [5.74, 6) is 1.44. The number of nitrogens with zero attached hydrogens (tertiary/aromatic N) is 3. The van der Waals surface area contributed by atoms with Gasteiger partial charge in [-0.05, 0) is 40.3 Å². The van der Waals surface area contributed by atoms with Gasteiger partial charge in [0.15, 0.2) is 5.96 Å². The molecule has 1 aliphatic rings. The van der Waals surface area contributed by atoms with Crippen molar-refractivity contribution < 1.29 is 4.74 Å². The molecule has 6 heteroatoms. The van der Waals surface area contributed by atoms with Crippen LogP contribution in [0.15, 0.2) is 21.7 Å². The van der Waals surface area contributed by atoms with Gasteiger partial charge in [-0.15, -0.1) is 0 Å². The number of aryl methyl sites for hydroxylation is 1. The zero-order valence-electron chi connectivity index (χ0n) is 16.5. The van der Waals surface area contributed by atoms with Crippen molar-refractivity contribution in [3.63, 3.8) is 0 Å². The summed E-state index contributed by atoms with van der Waals surface area (Å²) in [5.41, 5.74) is 1.41. The number of ether oxygens (including phenoxy) is 1. The molecule has 142 valence electrons. The van der Waals surface area contributed by atoms with E-state index < -0.39 is 0 Å². The fourth-order valence-corrected chi connectivity index (χ4v) is 4.23. The third-order valence-electron chi connectivity index (χ3n) is 4.87. The van der Waals surface area contributed by atoms with Gasteiger partial charge in [-0.25, -0.2) is 0 Å². The van der Waals surface area contributed by atoms with Crippen molar-refractivity contribution in [1.82, 2.24) is 14.8 Å². The van der Waals surface area contributed by atoms with E-state index in [0.717, 1.165) is 36.5 Å². The molecule has 1 aromatic rings. The molecular formula is C19H33BrN4O. The predicted molar refractivity (Wildman–Crippen MR) is 108 cm³/mol. The van der Waals surface area contributed by atoms with Crippen LogP contribution in [0.25, 0.3) is 0 Å². The lowest BCUT2D eigenvalue weighted by Gasteiger charge is -2.40. The topological polar surface area (TPSA) is 41.8 Å². The van der Waals surface area contributed by atoms with E-state index in [-0.39, 0.29) is 5.41 Å². The lowest BCUT2D eigenvalue weighted by Crippen LogP contribution is -2.47. The number of aliphatic imine (C=N–C) groups is 1. The Morgan fingerprint density at radius 1 is 1.48 bits per heavy atom. The summed E-state index contributed by atoms with van der Waals surface area (Å²) in [6.07, 6.45) is 4.72. The molecule has 1 fully saturated rings. The van der Waals surface area contributed by atoms with Crippen LogP contribution in [0.3, 0.4) is 0 Å². The molecule has 0 spiro atoms. The van der Waals surface area contributed by atoms with Gasteiger partial charge in [-0.2, -0.15) is 0 Å². The van der Waals surface area contributed by atoms with Gasteiger partial charge in [-0.3, -0.25) is 4.99 Å². The van der Waals surface area contributed by atoms with Crippen LogP contribution in [0.1, 0.15) is 39.3 Å². The third-order valence-corrected chi connectivity index (χ3v) is 5.30. The number of halogens is 1. The Bertz CT molecular complexity index is 591. The van der Waals surface area contributed by atoms with E-state index in [9.17, 15) is 0 Å². The van der Waals surface area contributed by atoms with Crippen LogP contribution in [0.5, 0.6) is 0 Å². The second kappa shape index (κ2) is 8.58. The molecule has 1 aromatic heterocycles. The molecule has 5 nitrogen and oxygen atoms in total. The third kappa shape index (κ3) is 5.48. The minimum atomic E-state index is 0.164. The van der Waals surface area contributed by atoms with Crippen molar-refractivity contribution in [1.29, 1.82) is 0 Å². The van der Waals surface area contributed by atoms with Gasteiger partial charge < -0.3 is 19.5 Å². The molecule has 0 aliphatic carbocycles. The number of rotatable bonds is 4. The average molecular weight is 413 g/mol. The highest BCUT2D eigenvalue weighted by Crippen LogP contribution is 2.33. The van der Waals surface area contributed by atoms with Crippen LogP contribution in [-0.4, -0.2) is 48.8 Å². The molecule has 0 saturated carbocycles. The molecule has 0 radical (unpaired) electrons. The summed E-state index contributed by atoms with van der Waals surface area (Å²) >= 11 is 3.54. The first kappa shape index (κ1) is 20.3. The lowest BCUT2D eigenvalue weighted by molar-refractivity contribution is -0.0836. The largest absolute Gasteiger partial charge is 0.377 e. The maximum absolute atomic E-state index is 6.09. The van der Waals surface area contributed by atoms with Crippen molar-refractivity contribution in [2.75, 3.05) is 27.2 Å². The number of hydrogen-bond donors (Lipinski definition) is 1. The minimum Gasteiger partial charge on any atom is -0.377 e. The minimum absolute atomic E-state index is 0.164. The zero-order valence-corrected chi connectivity index (χ0v) is 18.1. The van der Waals surface area contributed by atoms with Crippen LogP contribution in [-0.2, 0) is 18.3 Å². The Labute approximate surface area is 161 Å². The second-order valence-electron chi connectivity index (χ2n) is 8.10. The van der Waals surface area contributed by atoms with E-state index in [0.29, 0.717) is 12.0 Å². The monoisotopic (exact) mass is 412 g/mol. The summed E-state index contributed by atoms with van der Waals surface area (Å²) in [6, 6.07) is 2.15. The van der Waals surface area contributed by atoms with Crippen molar-refractivity contribution in [3.05, 3.63) is 22.4 Å². The van der Waals surface area contributed by atoms with Crippen LogP contribution in [0, 0.1) is 11.3 Å². The highest BCUT2D eigenvalue weighted by atomic mass is 79.9. The van der Waals surface area contributed by atoms with Gasteiger partial charge in [0.1, 0.15) is 0 Å². The summed E-state index contributed by atoms with van der Waals surface area (Å²) in [6.45, 7) is 9.40. The van der Waals surface area contributed by atoms with Crippen LogP contribution in [0.2, 0.25) is 0 Å². The summed E-state index contributed by atoms with van der Waals surface area (Å²) in [7, 11) is 5.99. The highest BCUT2D eigenvalue weighted by Gasteiger charge is 2.35. The quantitative estimate of drug-likeness (QED) is 0.606. The molecule has 2 atom stereocenters. The Kier molecular flexibility index (Phi) is 6.97. The Morgan fingerprint density at radius 2 is 2.20 bits per heavy atom. The summed E-state index contributed by atoms with van der Waals surface area (Å²) < 4.78 is 9.34. The lowest BCUT2D eigenvalue weighted by atomic mass is 9.78. The van der Waals surface area contributed by atoms with Crippen LogP contribution < -0.4 is 5.32 Å². The zero-order chi connectivity index (χ0) is 18.6. The first-order chi connectivity index (χ1) is 11.7. The van der Waals surface area contributed by atoms with Crippen molar-refractivity contribution in [2.45, 2.75) is 46.3 Å². The molecule has 2 heterocycles. The van der Waals surface area contributed by atoms with E-state index in [2.05, 4.69) is 82.8 Å². The van der Waals surface area contributed by atoms with Gasteiger partial charge in [0.05, 0.1) is 12.6 Å². The fraction of sp³-hybridized carbons (Fsp3) is 0.737. The Balaban J connectivity index is 1.96. The second-order valence-corrected chi connectivity index (χ2v) is 9.02. The van der Waals surface area contributed by atoms with Gasteiger partial charge >= 0.3 is 0 Å². The number of hydrogen-bond acceptors (Lipinski definition) is 2. The fourth-order valence-electron chi connectivity index (χ4n) is 3.66. The van der Waals surface area contributed by atoms with E-state index in [1.807, 2.05) is 7.05 Å². The van der Waals surface area contributed by atoms with Crippen molar-refractivity contribution in [2.24, 2.45) is 23.4 Å². The predicted octanol–water partition coefficient (Wildman–Crippen LogP) is 3.64. The van der Waals surface area contributed by atoms with Crippen LogP contribution in [0.4, 0.5) is 0 Å². The molecule has 0 bridgehead atoms. The molecule has 0 amide bonds. The molecule has 1 aliphatic heterocycles. The molecule has 25 heavy (non-hydrogen) atoms. The maximum Gasteiger partial charge on any atom is 0.193 e. The van der Waals surface area contributed by atoms with Crippen molar-refractivity contribution in [3.8, 4) is 0 Å². The van der Waals surface area contributed by atoms with Crippen LogP contribution >= 0.6 is 15.9 Å². The summed E-state index contributed by atoms with van der Waals surface area (Å²) in [5, 5.41) is 3.56.